The summed E-state index contributed by atoms with van der Waals surface area (Å²) in [7, 11) is 0. The quantitative estimate of drug-likeness (QED) is 0.816. The molecule has 0 saturated carbocycles. The lowest BCUT2D eigenvalue weighted by atomic mass is 10.1. The zero-order chi connectivity index (χ0) is 15.8. The Kier molecular flexibility index (Phi) is 6.41. The molecule has 1 amide bonds. The Hall–Kier alpha value is -2.35. The summed E-state index contributed by atoms with van der Waals surface area (Å²) in [5.74, 6) is -0.379. The van der Waals surface area contributed by atoms with Gasteiger partial charge in [-0.05, 0) is 37.5 Å². The van der Waals surface area contributed by atoms with Gasteiger partial charge < -0.3 is 10.1 Å². The van der Waals surface area contributed by atoms with Crippen LogP contribution in [0, 0.1) is 17.2 Å². The molecular formula is C16H20N2O3. The summed E-state index contributed by atoms with van der Waals surface area (Å²) in [5.41, 5.74) is 0.957. The van der Waals surface area contributed by atoms with Gasteiger partial charge in [0, 0.05) is 12.1 Å². The second-order valence-corrected chi connectivity index (χ2v) is 5.25. The Bertz CT molecular complexity index is 547. The minimum Gasteiger partial charge on any atom is -0.453 e. The number of carbonyl (C=O) groups is 2. The summed E-state index contributed by atoms with van der Waals surface area (Å²) in [5, 5.41) is 11.4. The molecule has 1 rings (SSSR count). The van der Waals surface area contributed by atoms with Crippen LogP contribution in [-0.2, 0) is 14.3 Å². The number of nitriles is 1. The SMILES string of the molecule is CC(C)CCC(=O)OC(C)C(=O)Nc1cccc(C#N)c1. The molecule has 0 aliphatic heterocycles. The number of amides is 1. The molecule has 0 aliphatic rings. The third-order valence-electron chi connectivity index (χ3n) is 2.86. The molecule has 1 N–H and O–H groups in total. The molecule has 1 aromatic carbocycles. The molecule has 0 spiro atoms. The molecule has 5 heteroatoms. The van der Waals surface area contributed by atoms with Gasteiger partial charge in [-0.15, -0.1) is 0 Å². The van der Waals surface area contributed by atoms with Crippen LogP contribution >= 0.6 is 0 Å². The summed E-state index contributed by atoms with van der Waals surface area (Å²) in [6.45, 7) is 5.56. The third-order valence-corrected chi connectivity index (χ3v) is 2.86. The molecule has 1 aromatic rings. The Morgan fingerprint density at radius 2 is 2.05 bits per heavy atom. The summed E-state index contributed by atoms with van der Waals surface area (Å²) in [4.78, 5) is 23.5. The molecule has 0 saturated heterocycles. The van der Waals surface area contributed by atoms with E-state index in [1.807, 2.05) is 19.9 Å². The van der Waals surface area contributed by atoms with Crippen LogP contribution in [0.5, 0.6) is 0 Å². The van der Waals surface area contributed by atoms with E-state index in [9.17, 15) is 9.59 Å². The van der Waals surface area contributed by atoms with Crippen molar-refractivity contribution in [2.75, 3.05) is 5.32 Å². The second-order valence-electron chi connectivity index (χ2n) is 5.25. The smallest absolute Gasteiger partial charge is 0.306 e. The number of anilines is 1. The highest BCUT2D eigenvalue weighted by atomic mass is 16.5. The van der Waals surface area contributed by atoms with E-state index in [0.717, 1.165) is 6.42 Å². The van der Waals surface area contributed by atoms with Crippen molar-refractivity contribution in [1.82, 2.24) is 0 Å². The number of benzene rings is 1. The van der Waals surface area contributed by atoms with Gasteiger partial charge in [-0.25, -0.2) is 0 Å². The van der Waals surface area contributed by atoms with Crippen molar-refractivity contribution in [3.63, 3.8) is 0 Å². The van der Waals surface area contributed by atoms with Gasteiger partial charge in [-0.3, -0.25) is 9.59 Å². The van der Waals surface area contributed by atoms with Crippen LogP contribution in [0.15, 0.2) is 24.3 Å². The predicted octanol–water partition coefficient (Wildman–Crippen LogP) is 2.86. The maximum atomic E-state index is 11.9. The van der Waals surface area contributed by atoms with Gasteiger partial charge in [-0.2, -0.15) is 5.26 Å². The first kappa shape index (κ1) is 16.7. The summed E-state index contributed by atoms with van der Waals surface area (Å²) >= 11 is 0. The highest BCUT2D eigenvalue weighted by molar-refractivity contribution is 5.95. The maximum Gasteiger partial charge on any atom is 0.306 e. The Balaban J connectivity index is 2.51. The zero-order valence-corrected chi connectivity index (χ0v) is 12.6. The standard InChI is InChI=1S/C16H20N2O3/c1-11(2)7-8-15(19)21-12(3)16(20)18-14-6-4-5-13(9-14)10-17/h4-6,9,11-12H,7-8H2,1-3H3,(H,18,20). The second kappa shape index (κ2) is 8.05. The highest BCUT2D eigenvalue weighted by Gasteiger charge is 2.18. The zero-order valence-electron chi connectivity index (χ0n) is 12.6. The average Bonchev–Trinajstić information content (AvgIpc) is 2.45. The number of rotatable bonds is 6. The molecule has 1 atom stereocenters. The third kappa shape index (κ3) is 6.09. The largest absolute Gasteiger partial charge is 0.453 e. The molecule has 0 radical (unpaired) electrons. The molecule has 0 aromatic heterocycles. The van der Waals surface area contributed by atoms with Crippen LogP contribution < -0.4 is 5.32 Å². The number of hydrogen-bond acceptors (Lipinski definition) is 4. The monoisotopic (exact) mass is 288 g/mol. The molecule has 0 heterocycles. The molecule has 0 aliphatic carbocycles. The lowest BCUT2D eigenvalue weighted by Crippen LogP contribution is -2.30. The fraction of sp³-hybridized carbons (Fsp3) is 0.438. The van der Waals surface area contributed by atoms with Crippen LogP contribution in [0.25, 0.3) is 0 Å². The molecular weight excluding hydrogens is 268 g/mol. The first-order chi connectivity index (χ1) is 9.92. The highest BCUT2D eigenvalue weighted by Crippen LogP contribution is 2.11. The van der Waals surface area contributed by atoms with E-state index in [2.05, 4.69) is 5.32 Å². The van der Waals surface area contributed by atoms with Crippen molar-refractivity contribution < 1.29 is 14.3 Å². The first-order valence-corrected chi connectivity index (χ1v) is 6.93. The van der Waals surface area contributed by atoms with Gasteiger partial charge in [0.1, 0.15) is 0 Å². The Morgan fingerprint density at radius 3 is 2.67 bits per heavy atom. The van der Waals surface area contributed by atoms with Crippen LogP contribution in [0.2, 0.25) is 0 Å². The minimum atomic E-state index is -0.865. The van der Waals surface area contributed by atoms with Crippen molar-refractivity contribution in [3.05, 3.63) is 29.8 Å². The average molecular weight is 288 g/mol. The number of carbonyl (C=O) groups excluding carboxylic acids is 2. The van der Waals surface area contributed by atoms with E-state index in [0.29, 0.717) is 23.6 Å². The fourth-order valence-electron chi connectivity index (χ4n) is 1.63. The van der Waals surface area contributed by atoms with Crippen LogP contribution in [-0.4, -0.2) is 18.0 Å². The molecule has 1 unspecified atom stereocenters. The number of nitrogens with one attached hydrogen (secondary N) is 1. The fourth-order valence-corrected chi connectivity index (χ4v) is 1.63. The Morgan fingerprint density at radius 1 is 1.33 bits per heavy atom. The van der Waals surface area contributed by atoms with Gasteiger partial charge in [0.05, 0.1) is 11.6 Å². The van der Waals surface area contributed by atoms with Gasteiger partial charge in [0.25, 0.3) is 5.91 Å². The number of ether oxygens (including phenoxy) is 1. The van der Waals surface area contributed by atoms with Gasteiger partial charge in [-0.1, -0.05) is 19.9 Å². The lowest BCUT2D eigenvalue weighted by Gasteiger charge is -2.14. The maximum absolute atomic E-state index is 11.9. The molecule has 112 valence electrons. The predicted molar refractivity (Wildman–Crippen MR) is 79.4 cm³/mol. The minimum absolute atomic E-state index is 0.305. The van der Waals surface area contributed by atoms with Gasteiger partial charge in [0.15, 0.2) is 6.10 Å². The van der Waals surface area contributed by atoms with Crippen molar-refractivity contribution in [1.29, 1.82) is 5.26 Å². The Labute approximate surface area is 124 Å². The van der Waals surface area contributed by atoms with E-state index in [1.54, 1.807) is 24.3 Å². The van der Waals surface area contributed by atoms with Crippen LogP contribution in [0.1, 0.15) is 39.2 Å². The number of hydrogen-bond donors (Lipinski definition) is 1. The van der Waals surface area contributed by atoms with Gasteiger partial charge >= 0.3 is 5.97 Å². The van der Waals surface area contributed by atoms with Crippen molar-refractivity contribution in [3.8, 4) is 6.07 Å². The van der Waals surface area contributed by atoms with Crippen molar-refractivity contribution in [2.24, 2.45) is 5.92 Å². The first-order valence-electron chi connectivity index (χ1n) is 6.93. The topological polar surface area (TPSA) is 79.2 Å². The normalized spacial score (nSPS) is 11.6. The number of nitrogens with zero attached hydrogens (tertiary/aromatic N) is 1. The van der Waals surface area contributed by atoms with Crippen LogP contribution in [0.4, 0.5) is 5.69 Å². The van der Waals surface area contributed by atoms with Crippen molar-refractivity contribution in [2.45, 2.75) is 39.7 Å². The molecule has 0 bridgehead atoms. The van der Waals surface area contributed by atoms with E-state index >= 15 is 0 Å². The summed E-state index contributed by atoms with van der Waals surface area (Å²) < 4.78 is 5.08. The molecule has 21 heavy (non-hydrogen) atoms. The summed E-state index contributed by atoms with van der Waals surface area (Å²) in [6, 6.07) is 8.54. The van der Waals surface area contributed by atoms with Gasteiger partial charge in [0.2, 0.25) is 0 Å². The van der Waals surface area contributed by atoms with E-state index in [-0.39, 0.29) is 5.97 Å². The van der Waals surface area contributed by atoms with Crippen molar-refractivity contribution >= 4 is 17.6 Å². The number of esters is 1. The van der Waals surface area contributed by atoms with Crippen LogP contribution in [0.3, 0.4) is 0 Å². The molecule has 5 nitrogen and oxygen atoms in total. The van der Waals surface area contributed by atoms with E-state index in [4.69, 9.17) is 10.00 Å². The van der Waals surface area contributed by atoms with E-state index in [1.165, 1.54) is 6.92 Å². The van der Waals surface area contributed by atoms with E-state index < -0.39 is 12.0 Å². The molecule has 0 fully saturated rings. The lowest BCUT2D eigenvalue weighted by molar-refractivity contribution is -0.153. The summed E-state index contributed by atoms with van der Waals surface area (Å²) in [6.07, 6.45) is 0.173.